The minimum absolute atomic E-state index is 0.0393. The Bertz CT molecular complexity index is 508. The van der Waals surface area contributed by atoms with Crippen molar-refractivity contribution in [3.63, 3.8) is 0 Å². The van der Waals surface area contributed by atoms with Crippen molar-refractivity contribution < 1.29 is 4.79 Å². The van der Waals surface area contributed by atoms with Crippen LogP contribution in [0.4, 0.5) is 0 Å². The summed E-state index contributed by atoms with van der Waals surface area (Å²) in [5, 5.41) is 7.46. The highest BCUT2D eigenvalue weighted by molar-refractivity contribution is 5.95. The predicted molar refractivity (Wildman–Crippen MR) is 78.5 cm³/mol. The van der Waals surface area contributed by atoms with Crippen molar-refractivity contribution in [2.24, 2.45) is 17.8 Å². The summed E-state index contributed by atoms with van der Waals surface area (Å²) in [6.07, 6.45) is 7.16. The topological polar surface area (TPSA) is 46.9 Å². The van der Waals surface area contributed by atoms with E-state index in [2.05, 4.69) is 17.3 Å². The summed E-state index contributed by atoms with van der Waals surface area (Å²) in [6.45, 7) is 6.98. The lowest BCUT2D eigenvalue weighted by molar-refractivity contribution is 0.0914. The van der Waals surface area contributed by atoms with Crippen LogP contribution < -0.4 is 5.32 Å². The fourth-order valence-corrected chi connectivity index (χ4v) is 4.29. The van der Waals surface area contributed by atoms with Crippen LogP contribution in [-0.2, 0) is 6.54 Å². The van der Waals surface area contributed by atoms with E-state index >= 15 is 0 Å². The first-order valence-corrected chi connectivity index (χ1v) is 7.93. The first-order valence-electron chi connectivity index (χ1n) is 7.93. The van der Waals surface area contributed by atoms with Gasteiger partial charge in [-0.05, 0) is 57.8 Å². The first-order chi connectivity index (χ1) is 9.60. The van der Waals surface area contributed by atoms with Crippen LogP contribution in [0, 0.1) is 24.7 Å². The van der Waals surface area contributed by atoms with Crippen LogP contribution in [0.15, 0.2) is 6.20 Å². The summed E-state index contributed by atoms with van der Waals surface area (Å²) in [7, 11) is 0. The number of carbonyl (C=O) groups is 1. The van der Waals surface area contributed by atoms with E-state index in [1.165, 1.54) is 25.7 Å². The highest BCUT2D eigenvalue weighted by Gasteiger charge is 2.42. The SMILES string of the molecule is CCn1ncc(C(=O)N[C@H](C)[C@@H]2C[C@@H]3CC[C@@H]2C3)c1C. The van der Waals surface area contributed by atoms with E-state index in [-0.39, 0.29) is 11.9 Å². The average Bonchev–Trinajstić information content (AvgIpc) is 3.12. The molecule has 4 heteroatoms. The van der Waals surface area contributed by atoms with E-state index in [0.717, 1.165) is 29.6 Å². The van der Waals surface area contributed by atoms with Crippen LogP contribution in [0.3, 0.4) is 0 Å². The van der Waals surface area contributed by atoms with Gasteiger partial charge in [0.1, 0.15) is 0 Å². The van der Waals surface area contributed by atoms with Crippen molar-refractivity contribution in [1.29, 1.82) is 0 Å². The van der Waals surface area contributed by atoms with Crippen LogP contribution >= 0.6 is 0 Å². The van der Waals surface area contributed by atoms with E-state index < -0.39 is 0 Å². The van der Waals surface area contributed by atoms with Gasteiger partial charge < -0.3 is 5.32 Å². The van der Waals surface area contributed by atoms with Crippen LogP contribution in [0.1, 0.15) is 55.6 Å². The minimum Gasteiger partial charge on any atom is -0.349 e. The summed E-state index contributed by atoms with van der Waals surface area (Å²) in [5.74, 6) is 2.49. The highest BCUT2D eigenvalue weighted by atomic mass is 16.1. The van der Waals surface area contributed by atoms with Gasteiger partial charge in [-0.3, -0.25) is 9.48 Å². The van der Waals surface area contributed by atoms with Crippen molar-refractivity contribution in [3.8, 4) is 0 Å². The first kappa shape index (κ1) is 13.7. The molecule has 0 saturated heterocycles. The summed E-state index contributed by atoms with van der Waals surface area (Å²) < 4.78 is 1.87. The Kier molecular flexibility index (Phi) is 3.57. The molecule has 0 unspecified atom stereocenters. The third kappa shape index (κ3) is 2.25. The molecule has 2 fully saturated rings. The molecule has 0 aromatic carbocycles. The number of rotatable bonds is 4. The molecule has 2 aliphatic rings. The van der Waals surface area contributed by atoms with Gasteiger partial charge in [0.05, 0.1) is 11.8 Å². The summed E-state index contributed by atoms with van der Waals surface area (Å²) in [4.78, 5) is 12.4. The van der Waals surface area contributed by atoms with E-state index in [9.17, 15) is 4.79 Å². The Morgan fingerprint density at radius 2 is 2.30 bits per heavy atom. The molecule has 1 aromatic heterocycles. The third-order valence-electron chi connectivity index (χ3n) is 5.44. The number of carbonyl (C=O) groups excluding carboxylic acids is 1. The van der Waals surface area contributed by atoms with Gasteiger partial charge in [-0.1, -0.05) is 6.42 Å². The Labute approximate surface area is 120 Å². The summed E-state index contributed by atoms with van der Waals surface area (Å²) in [5.41, 5.74) is 1.69. The lowest BCUT2D eigenvalue weighted by atomic mass is 9.84. The number of nitrogens with one attached hydrogen (secondary N) is 1. The number of hydrogen-bond donors (Lipinski definition) is 1. The molecule has 4 atom stereocenters. The van der Waals surface area contributed by atoms with Gasteiger partial charge in [-0.2, -0.15) is 5.10 Å². The number of aryl methyl sites for hydroxylation is 1. The molecule has 1 heterocycles. The lowest BCUT2D eigenvalue weighted by Gasteiger charge is -2.28. The monoisotopic (exact) mass is 275 g/mol. The molecule has 2 aliphatic carbocycles. The summed E-state index contributed by atoms with van der Waals surface area (Å²) in [6, 6.07) is 0.280. The lowest BCUT2D eigenvalue weighted by Crippen LogP contribution is -2.40. The number of aromatic nitrogens is 2. The molecule has 1 N–H and O–H groups in total. The van der Waals surface area contributed by atoms with Crippen molar-refractivity contribution in [3.05, 3.63) is 17.5 Å². The van der Waals surface area contributed by atoms with Gasteiger partial charge >= 0.3 is 0 Å². The molecule has 20 heavy (non-hydrogen) atoms. The van der Waals surface area contributed by atoms with Crippen molar-refractivity contribution in [1.82, 2.24) is 15.1 Å². The normalized spacial score (nSPS) is 29.6. The predicted octanol–water partition coefficient (Wildman–Crippen LogP) is 2.77. The van der Waals surface area contributed by atoms with Crippen LogP contribution in [0.25, 0.3) is 0 Å². The van der Waals surface area contributed by atoms with Crippen LogP contribution in [0.5, 0.6) is 0 Å². The van der Waals surface area contributed by atoms with Gasteiger partial charge in [-0.15, -0.1) is 0 Å². The maximum atomic E-state index is 12.4. The van der Waals surface area contributed by atoms with E-state index in [0.29, 0.717) is 5.92 Å². The van der Waals surface area contributed by atoms with Gasteiger partial charge in [0.2, 0.25) is 0 Å². The summed E-state index contributed by atoms with van der Waals surface area (Å²) >= 11 is 0. The van der Waals surface area contributed by atoms with E-state index in [1.54, 1.807) is 6.20 Å². The molecular formula is C16H25N3O. The third-order valence-corrected chi connectivity index (χ3v) is 5.44. The molecule has 1 aromatic rings. The second-order valence-electron chi connectivity index (χ2n) is 6.56. The molecular weight excluding hydrogens is 250 g/mol. The van der Waals surface area contributed by atoms with Gasteiger partial charge in [0.25, 0.3) is 5.91 Å². The zero-order chi connectivity index (χ0) is 14.3. The molecule has 0 spiro atoms. The molecule has 3 rings (SSSR count). The number of fused-ring (bicyclic) bond motifs is 2. The van der Waals surface area contributed by atoms with Crippen molar-refractivity contribution in [2.45, 2.75) is 59.0 Å². The van der Waals surface area contributed by atoms with Crippen LogP contribution in [-0.4, -0.2) is 21.7 Å². The Morgan fingerprint density at radius 3 is 2.85 bits per heavy atom. The Hall–Kier alpha value is -1.32. The van der Waals surface area contributed by atoms with Gasteiger partial charge in [-0.25, -0.2) is 0 Å². The molecule has 4 nitrogen and oxygen atoms in total. The van der Waals surface area contributed by atoms with E-state index in [1.807, 2.05) is 18.5 Å². The Balaban J connectivity index is 1.65. The largest absolute Gasteiger partial charge is 0.349 e. The standard InChI is InChI=1S/C16H25N3O/c1-4-19-11(3)15(9-17-19)16(20)18-10(2)14-8-12-5-6-13(14)7-12/h9-10,12-14H,4-8H2,1-3H3,(H,18,20)/t10-,12-,13-,14+/m1/s1. The zero-order valence-corrected chi connectivity index (χ0v) is 12.7. The van der Waals surface area contributed by atoms with Gasteiger partial charge in [0.15, 0.2) is 0 Å². The smallest absolute Gasteiger partial charge is 0.254 e. The second-order valence-corrected chi connectivity index (χ2v) is 6.56. The molecule has 0 aliphatic heterocycles. The highest BCUT2D eigenvalue weighted by Crippen LogP contribution is 2.49. The van der Waals surface area contributed by atoms with E-state index in [4.69, 9.17) is 0 Å². The molecule has 2 saturated carbocycles. The zero-order valence-electron chi connectivity index (χ0n) is 12.7. The average molecular weight is 275 g/mol. The molecule has 0 radical (unpaired) electrons. The molecule has 1 amide bonds. The Morgan fingerprint density at radius 1 is 1.50 bits per heavy atom. The molecule has 110 valence electrons. The van der Waals surface area contributed by atoms with Crippen molar-refractivity contribution >= 4 is 5.91 Å². The fourth-order valence-electron chi connectivity index (χ4n) is 4.29. The van der Waals surface area contributed by atoms with Crippen LogP contribution in [0.2, 0.25) is 0 Å². The fraction of sp³-hybridized carbons (Fsp3) is 0.750. The maximum absolute atomic E-state index is 12.4. The van der Waals surface area contributed by atoms with Crippen molar-refractivity contribution in [2.75, 3.05) is 0 Å². The van der Waals surface area contributed by atoms with Gasteiger partial charge in [0, 0.05) is 18.3 Å². The number of amides is 1. The number of nitrogens with zero attached hydrogens (tertiary/aromatic N) is 2. The number of hydrogen-bond acceptors (Lipinski definition) is 2. The maximum Gasteiger partial charge on any atom is 0.254 e. The quantitative estimate of drug-likeness (QED) is 0.918. The molecule has 2 bridgehead atoms. The minimum atomic E-state index is 0.0393. The second kappa shape index (κ2) is 5.23.